The number of amides is 1. The van der Waals surface area contributed by atoms with Crippen LogP contribution in [0.1, 0.15) is 39.5 Å². The Kier molecular flexibility index (Phi) is 5.09. The predicted octanol–water partition coefficient (Wildman–Crippen LogP) is 1.52. The predicted molar refractivity (Wildman–Crippen MR) is 62.4 cm³/mol. The highest BCUT2D eigenvalue weighted by atomic mass is 16.1. The Balaban J connectivity index is 2.26. The molecular formula is C12H24N2O. The fourth-order valence-corrected chi connectivity index (χ4v) is 2.36. The number of rotatable bonds is 5. The fraction of sp³-hybridized carbons (Fsp3) is 0.917. The van der Waals surface area contributed by atoms with E-state index in [1.165, 1.54) is 19.3 Å². The standard InChI is InChI=1S/C12H24N2O/c1-3-10(7-13)12(15)14-8-11-6-4-5-9(11)2/h9-11H,3-8,13H2,1-2H3,(H,14,15). The number of carbonyl (C=O) groups excluding carboxylic acids is 1. The van der Waals surface area contributed by atoms with Crippen LogP contribution in [0.3, 0.4) is 0 Å². The van der Waals surface area contributed by atoms with E-state index < -0.39 is 0 Å². The Morgan fingerprint density at radius 2 is 2.27 bits per heavy atom. The largest absolute Gasteiger partial charge is 0.356 e. The fourth-order valence-electron chi connectivity index (χ4n) is 2.36. The first-order chi connectivity index (χ1) is 7.19. The average Bonchev–Trinajstić information content (AvgIpc) is 2.63. The molecule has 0 spiro atoms. The maximum Gasteiger partial charge on any atom is 0.224 e. The van der Waals surface area contributed by atoms with Crippen molar-refractivity contribution in [1.29, 1.82) is 0 Å². The maximum atomic E-state index is 11.7. The van der Waals surface area contributed by atoms with E-state index in [1.807, 2.05) is 6.92 Å². The van der Waals surface area contributed by atoms with Crippen molar-refractivity contribution in [1.82, 2.24) is 5.32 Å². The van der Waals surface area contributed by atoms with Crippen molar-refractivity contribution in [3.05, 3.63) is 0 Å². The molecule has 0 aromatic rings. The lowest BCUT2D eigenvalue weighted by molar-refractivity contribution is -0.125. The van der Waals surface area contributed by atoms with E-state index >= 15 is 0 Å². The molecule has 0 aliphatic heterocycles. The van der Waals surface area contributed by atoms with E-state index in [-0.39, 0.29) is 11.8 Å². The molecule has 15 heavy (non-hydrogen) atoms. The van der Waals surface area contributed by atoms with Gasteiger partial charge in [0, 0.05) is 19.0 Å². The third-order valence-corrected chi connectivity index (χ3v) is 3.73. The summed E-state index contributed by atoms with van der Waals surface area (Å²) < 4.78 is 0. The molecule has 1 aliphatic carbocycles. The SMILES string of the molecule is CCC(CN)C(=O)NCC1CCCC1C. The molecule has 0 aromatic carbocycles. The zero-order valence-corrected chi connectivity index (χ0v) is 9.96. The molecule has 0 saturated heterocycles. The second kappa shape index (κ2) is 6.11. The molecule has 3 atom stereocenters. The van der Waals surface area contributed by atoms with E-state index in [2.05, 4.69) is 12.2 Å². The Morgan fingerprint density at radius 3 is 2.73 bits per heavy atom. The van der Waals surface area contributed by atoms with Gasteiger partial charge < -0.3 is 11.1 Å². The zero-order valence-electron chi connectivity index (χ0n) is 9.96. The summed E-state index contributed by atoms with van der Waals surface area (Å²) in [5, 5.41) is 3.04. The van der Waals surface area contributed by atoms with Crippen LogP contribution in [0.25, 0.3) is 0 Å². The molecule has 3 heteroatoms. The van der Waals surface area contributed by atoms with E-state index in [1.54, 1.807) is 0 Å². The Labute approximate surface area is 92.8 Å². The molecule has 1 saturated carbocycles. The molecule has 0 heterocycles. The van der Waals surface area contributed by atoms with Crippen molar-refractivity contribution >= 4 is 5.91 Å². The first-order valence-corrected chi connectivity index (χ1v) is 6.16. The molecule has 0 bridgehead atoms. The van der Waals surface area contributed by atoms with Gasteiger partial charge in [-0.2, -0.15) is 0 Å². The van der Waals surface area contributed by atoms with Crippen LogP contribution < -0.4 is 11.1 Å². The van der Waals surface area contributed by atoms with Crippen LogP contribution in [0, 0.1) is 17.8 Å². The van der Waals surface area contributed by atoms with Crippen LogP contribution in [0.4, 0.5) is 0 Å². The molecule has 0 aromatic heterocycles. The van der Waals surface area contributed by atoms with Gasteiger partial charge in [0.05, 0.1) is 0 Å². The monoisotopic (exact) mass is 212 g/mol. The average molecular weight is 212 g/mol. The lowest BCUT2D eigenvalue weighted by Crippen LogP contribution is -2.37. The van der Waals surface area contributed by atoms with Crippen LogP contribution in [-0.4, -0.2) is 19.0 Å². The topological polar surface area (TPSA) is 55.1 Å². The highest BCUT2D eigenvalue weighted by Crippen LogP contribution is 2.30. The van der Waals surface area contributed by atoms with Gasteiger partial charge in [0.2, 0.25) is 5.91 Å². The third-order valence-electron chi connectivity index (χ3n) is 3.73. The summed E-state index contributed by atoms with van der Waals surface area (Å²) in [5.74, 6) is 1.59. The normalized spacial score (nSPS) is 27.7. The number of hydrogen-bond acceptors (Lipinski definition) is 2. The number of nitrogens with two attached hydrogens (primary N) is 1. The van der Waals surface area contributed by atoms with Gasteiger partial charge in [0.15, 0.2) is 0 Å². The summed E-state index contributed by atoms with van der Waals surface area (Å²) in [7, 11) is 0. The molecule has 3 unspecified atom stereocenters. The van der Waals surface area contributed by atoms with Crippen LogP contribution in [0.2, 0.25) is 0 Å². The van der Waals surface area contributed by atoms with Crippen LogP contribution >= 0.6 is 0 Å². The molecular weight excluding hydrogens is 188 g/mol. The molecule has 3 N–H and O–H groups in total. The summed E-state index contributed by atoms with van der Waals surface area (Å²) in [4.78, 5) is 11.7. The third kappa shape index (κ3) is 3.49. The number of carbonyl (C=O) groups is 1. The van der Waals surface area contributed by atoms with Gasteiger partial charge >= 0.3 is 0 Å². The Hall–Kier alpha value is -0.570. The van der Waals surface area contributed by atoms with E-state index in [0.717, 1.165) is 18.9 Å². The van der Waals surface area contributed by atoms with Gasteiger partial charge in [-0.15, -0.1) is 0 Å². The van der Waals surface area contributed by atoms with Gasteiger partial charge in [-0.05, 0) is 24.7 Å². The minimum Gasteiger partial charge on any atom is -0.356 e. The van der Waals surface area contributed by atoms with Crippen molar-refractivity contribution in [2.75, 3.05) is 13.1 Å². The lowest BCUT2D eigenvalue weighted by Gasteiger charge is -2.18. The van der Waals surface area contributed by atoms with Crippen molar-refractivity contribution in [2.24, 2.45) is 23.5 Å². The van der Waals surface area contributed by atoms with E-state index in [4.69, 9.17) is 5.73 Å². The second-order valence-electron chi connectivity index (χ2n) is 4.75. The minimum absolute atomic E-state index is 0.00158. The van der Waals surface area contributed by atoms with Crippen LogP contribution in [0.15, 0.2) is 0 Å². The first kappa shape index (κ1) is 12.5. The first-order valence-electron chi connectivity index (χ1n) is 6.16. The molecule has 1 aliphatic rings. The van der Waals surface area contributed by atoms with Gasteiger partial charge in [-0.25, -0.2) is 0 Å². The molecule has 1 fully saturated rings. The highest BCUT2D eigenvalue weighted by Gasteiger charge is 2.24. The Morgan fingerprint density at radius 1 is 1.53 bits per heavy atom. The van der Waals surface area contributed by atoms with E-state index in [0.29, 0.717) is 12.5 Å². The molecule has 1 rings (SSSR count). The zero-order chi connectivity index (χ0) is 11.3. The molecule has 1 amide bonds. The van der Waals surface area contributed by atoms with Gasteiger partial charge in [-0.3, -0.25) is 4.79 Å². The van der Waals surface area contributed by atoms with Crippen molar-refractivity contribution in [3.8, 4) is 0 Å². The van der Waals surface area contributed by atoms with Gasteiger partial charge in [0.1, 0.15) is 0 Å². The maximum absolute atomic E-state index is 11.7. The summed E-state index contributed by atoms with van der Waals surface area (Å²) >= 11 is 0. The quantitative estimate of drug-likeness (QED) is 0.726. The van der Waals surface area contributed by atoms with Gasteiger partial charge in [-0.1, -0.05) is 26.7 Å². The molecule has 3 nitrogen and oxygen atoms in total. The number of hydrogen-bond donors (Lipinski definition) is 2. The Bertz CT molecular complexity index is 202. The van der Waals surface area contributed by atoms with Crippen molar-refractivity contribution in [3.63, 3.8) is 0 Å². The molecule has 88 valence electrons. The van der Waals surface area contributed by atoms with Crippen molar-refractivity contribution in [2.45, 2.75) is 39.5 Å². The van der Waals surface area contributed by atoms with Gasteiger partial charge in [0.25, 0.3) is 0 Å². The summed E-state index contributed by atoms with van der Waals surface area (Å²) in [5.41, 5.74) is 5.53. The van der Waals surface area contributed by atoms with Crippen LogP contribution in [0.5, 0.6) is 0 Å². The highest BCUT2D eigenvalue weighted by molar-refractivity contribution is 5.78. The lowest BCUT2D eigenvalue weighted by atomic mass is 9.97. The second-order valence-corrected chi connectivity index (χ2v) is 4.75. The summed E-state index contributed by atoms with van der Waals surface area (Å²) in [6.07, 6.45) is 4.73. The minimum atomic E-state index is 0.00158. The summed E-state index contributed by atoms with van der Waals surface area (Å²) in [6.45, 7) is 5.60. The molecule has 0 radical (unpaired) electrons. The smallest absolute Gasteiger partial charge is 0.224 e. The van der Waals surface area contributed by atoms with Crippen LogP contribution in [-0.2, 0) is 4.79 Å². The summed E-state index contributed by atoms with van der Waals surface area (Å²) in [6, 6.07) is 0. The van der Waals surface area contributed by atoms with E-state index in [9.17, 15) is 4.79 Å². The number of nitrogens with one attached hydrogen (secondary N) is 1. The van der Waals surface area contributed by atoms with Crippen molar-refractivity contribution < 1.29 is 4.79 Å².